The van der Waals surface area contributed by atoms with Crippen LogP contribution in [-0.4, -0.2) is 0 Å². The molecule has 0 N–H and O–H groups in total. The molecule has 0 amide bonds. The molecule has 0 fully saturated rings. The fourth-order valence-corrected chi connectivity index (χ4v) is 8.53. The van der Waals surface area contributed by atoms with Crippen molar-refractivity contribution in [3.63, 3.8) is 0 Å². The van der Waals surface area contributed by atoms with Crippen molar-refractivity contribution < 1.29 is 4.42 Å². The van der Waals surface area contributed by atoms with Gasteiger partial charge in [-0.15, -0.1) is 11.3 Å². The van der Waals surface area contributed by atoms with Crippen LogP contribution in [0.2, 0.25) is 0 Å². The zero-order valence-electron chi connectivity index (χ0n) is 26.5. The minimum absolute atomic E-state index is 0.919. The maximum absolute atomic E-state index is 6.56. The molecule has 0 atom stereocenters. The van der Waals surface area contributed by atoms with E-state index < -0.39 is 0 Å². The van der Waals surface area contributed by atoms with Gasteiger partial charge in [0.25, 0.3) is 0 Å². The van der Waals surface area contributed by atoms with E-state index in [2.05, 4.69) is 175 Å². The van der Waals surface area contributed by atoms with E-state index in [9.17, 15) is 0 Å². The van der Waals surface area contributed by atoms with Gasteiger partial charge in [0, 0.05) is 53.6 Å². The summed E-state index contributed by atoms with van der Waals surface area (Å²) in [4.78, 5) is 2.35. The number of rotatable bonds is 5. The first-order chi connectivity index (χ1) is 24.3. The molecule has 0 saturated carbocycles. The molecule has 230 valence electrons. The molecule has 0 radical (unpaired) electrons. The summed E-state index contributed by atoms with van der Waals surface area (Å²) in [5.74, 6) is 0. The molecule has 0 aliphatic carbocycles. The topological polar surface area (TPSA) is 16.4 Å². The second-order valence-corrected chi connectivity index (χ2v) is 13.6. The fraction of sp³-hybridized carbons (Fsp3) is 0. The first kappa shape index (κ1) is 27.9. The summed E-state index contributed by atoms with van der Waals surface area (Å²) in [6, 6.07) is 63.2. The Bertz CT molecular complexity index is 2830. The Morgan fingerprint density at radius 1 is 0.429 bits per heavy atom. The van der Waals surface area contributed by atoms with Gasteiger partial charge in [-0.25, -0.2) is 0 Å². The number of hydrogen-bond donors (Lipinski definition) is 0. The van der Waals surface area contributed by atoms with E-state index in [4.69, 9.17) is 4.42 Å². The normalized spacial score (nSPS) is 11.7. The average Bonchev–Trinajstić information content (AvgIpc) is 3.74. The molecule has 0 spiro atoms. The van der Waals surface area contributed by atoms with Crippen molar-refractivity contribution in [1.82, 2.24) is 0 Å². The van der Waals surface area contributed by atoms with Crippen LogP contribution < -0.4 is 4.90 Å². The Kier molecular flexibility index (Phi) is 6.39. The number of nitrogens with zero attached hydrogens (tertiary/aromatic N) is 1. The minimum Gasteiger partial charge on any atom is -0.455 e. The molecule has 2 nitrogen and oxygen atoms in total. The molecular weight excluding hydrogens is 615 g/mol. The molecule has 2 aromatic heterocycles. The Morgan fingerprint density at radius 2 is 1.12 bits per heavy atom. The Hall–Kier alpha value is -6.16. The zero-order chi connectivity index (χ0) is 32.3. The van der Waals surface area contributed by atoms with Gasteiger partial charge in [0.1, 0.15) is 11.2 Å². The molecule has 8 aromatic carbocycles. The molecule has 0 aliphatic rings. The van der Waals surface area contributed by atoms with Crippen LogP contribution in [0.25, 0.3) is 75.1 Å². The van der Waals surface area contributed by atoms with E-state index in [0.717, 1.165) is 39.0 Å². The van der Waals surface area contributed by atoms with Crippen molar-refractivity contribution in [2.45, 2.75) is 0 Å². The predicted molar refractivity (Wildman–Crippen MR) is 210 cm³/mol. The van der Waals surface area contributed by atoms with Crippen molar-refractivity contribution in [2.75, 3.05) is 4.90 Å². The third kappa shape index (κ3) is 4.62. The standard InChI is InChI=1S/C46H29NOS/c1-2-14-35(15-3-1)47(36-25-23-31(24-26-36)33-22-21-30-11-4-5-12-32(30)27-33)37-16-10-13-34(28-37)40-29-41-38-17-6-8-19-42(38)48-45(41)44-39-18-7-9-20-43(39)49-46(40)44/h1-29H. The summed E-state index contributed by atoms with van der Waals surface area (Å²) < 4.78 is 9.07. The first-order valence-corrected chi connectivity index (χ1v) is 17.4. The summed E-state index contributed by atoms with van der Waals surface area (Å²) in [5.41, 5.74) is 10.0. The van der Waals surface area contributed by atoms with Crippen LogP contribution >= 0.6 is 11.3 Å². The van der Waals surface area contributed by atoms with Crippen molar-refractivity contribution >= 4 is 81.3 Å². The molecular formula is C46H29NOS. The lowest BCUT2D eigenvalue weighted by Gasteiger charge is -2.26. The third-order valence-electron chi connectivity index (χ3n) is 9.63. The summed E-state index contributed by atoms with van der Waals surface area (Å²) in [6.45, 7) is 0. The molecule has 0 bridgehead atoms. The molecule has 10 aromatic rings. The molecule has 0 unspecified atom stereocenters. The monoisotopic (exact) mass is 643 g/mol. The lowest BCUT2D eigenvalue weighted by molar-refractivity contribution is 0.673. The molecule has 0 aliphatic heterocycles. The minimum atomic E-state index is 0.919. The van der Waals surface area contributed by atoms with Crippen LogP contribution in [0.3, 0.4) is 0 Å². The van der Waals surface area contributed by atoms with Gasteiger partial charge >= 0.3 is 0 Å². The van der Waals surface area contributed by atoms with Crippen molar-refractivity contribution in [3.05, 3.63) is 176 Å². The molecule has 3 heteroatoms. The highest BCUT2D eigenvalue weighted by atomic mass is 32.1. The molecule has 0 saturated heterocycles. The van der Waals surface area contributed by atoms with Crippen LogP contribution in [0, 0.1) is 0 Å². The average molecular weight is 644 g/mol. The SMILES string of the molecule is c1ccc(N(c2ccc(-c3ccc4ccccc4c3)cc2)c2cccc(-c3cc4c5ccccc5oc4c4c3sc3ccccc34)c2)cc1. The van der Waals surface area contributed by atoms with Crippen LogP contribution in [0.5, 0.6) is 0 Å². The number of thiophene rings is 1. The van der Waals surface area contributed by atoms with Gasteiger partial charge in [0.2, 0.25) is 0 Å². The highest BCUT2D eigenvalue weighted by Gasteiger charge is 2.20. The van der Waals surface area contributed by atoms with Crippen LogP contribution in [0.4, 0.5) is 17.1 Å². The summed E-state index contributed by atoms with van der Waals surface area (Å²) in [6.07, 6.45) is 0. The largest absolute Gasteiger partial charge is 0.455 e. The number of furan rings is 1. The number of fused-ring (bicyclic) bond motifs is 8. The smallest absolute Gasteiger partial charge is 0.144 e. The van der Waals surface area contributed by atoms with E-state index in [1.807, 2.05) is 17.4 Å². The molecule has 2 heterocycles. The van der Waals surface area contributed by atoms with Crippen molar-refractivity contribution in [2.24, 2.45) is 0 Å². The van der Waals surface area contributed by atoms with Gasteiger partial charge in [-0.3, -0.25) is 0 Å². The van der Waals surface area contributed by atoms with E-state index in [1.165, 1.54) is 53.2 Å². The van der Waals surface area contributed by atoms with Gasteiger partial charge < -0.3 is 9.32 Å². The van der Waals surface area contributed by atoms with E-state index >= 15 is 0 Å². The number of hydrogen-bond acceptors (Lipinski definition) is 3. The Labute approximate surface area is 287 Å². The lowest BCUT2D eigenvalue weighted by atomic mass is 9.98. The van der Waals surface area contributed by atoms with Crippen molar-refractivity contribution in [3.8, 4) is 22.3 Å². The first-order valence-electron chi connectivity index (χ1n) is 16.6. The highest BCUT2D eigenvalue weighted by molar-refractivity contribution is 7.26. The fourth-order valence-electron chi connectivity index (χ4n) is 7.29. The third-order valence-corrected chi connectivity index (χ3v) is 10.8. The number of benzene rings is 8. The lowest BCUT2D eigenvalue weighted by Crippen LogP contribution is -2.09. The second-order valence-electron chi connectivity index (χ2n) is 12.5. The Morgan fingerprint density at radius 3 is 2.00 bits per heavy atom. The quantitative estimate of drug-likeness (QED) is 0.186. The second kappa shape index (κ2) is 11.2. The maximum Gasteiger partial charge on any atom is 0.144 e. The summed E-state index contributed by atoms with van der Waals surface area (Å²) in [5, 5.41) is 7.23. The van der Waals surface area contributed by atoms with Crippen LogP contribution in [0.15, 0.2) is 180 Å². The molecule has 49 heavy (non-hydrogen) atoms. The number of anilines is 3. The van der Waals surface area contributed by atoms with Gasteiger partial charge in [0.15, 0.2) is 0 Å². The van der Waals surface area contributed by atoms with Gasteiger partial charge in [-0.2, -0.15) is 0 Å². The summed E-state index contributed by atoms with van der Waals surface area (Å²) in [7, 11) is 0. The van der Waals surface area contributed by atoms with Crippen molar-refractivity contribution in [1.29, 1.82) is 0 Å². The highest BCUT2D eigenvalue weighted by Crippen LogP contribution is 2.47. The maximum atomic E-state index is 6.56. The zero-order valence-corrected chi connectivity index (χ0v) is 27.3. The predicted octanol–water partition coefficient (Wildman–Crippen LogP) is 13.9. The van der Waals surface area contributed by atoms with Crippen LogP contribution in [0.1, 0.15) is 0 Å². The molecule has 10 rings (SSSR count). The Balaban J connectivity index is 1.14. The van der Waals surface area contributed by atoms with E-state index in [-0.39, 0.29) is 0 Å². The van der Waals surface area contributed by atoms with Gasteiger partial charge in [0.05, 0.1) is 0 Å². The summed E-state index contributed by atoms with van der Waals surface area (Å²) >= 11 is 1.84. The van der Waals surface area contributed by atoms with Gasteiger partial charge in [-0.1, -0.05) is 115 Å². The van der Waals surface area contributed by atoms with E-state index in [1.54, 1.807) is 0 Å². The van der Waals surface area contributed by atoms with Crippen LogP contribution in [-0.2, 0) is 0 Å². The van der Waals surface area contributed by atoms with Gasteiger partial charge in [-0.05, 0) is 88.1 Å². The van der Waals surface area contributed by atoms with E-state index in [0.29, 0.717) is 0 Å². The number of para-hydroxylation sites is 2.